The van der Waals surface area contributed by atoms with E-state index in [1.54, 1.807) is 0 Å². The van der Waals surface area contributed by atoms with Crippen LogP contribution >= 0.6 is 15.9 Å². The molecular formula is C15H23BrN2. The fourth-order valence-corrected chi connectivity index (χ4v) is 2.92. The second kappa shape index (κ2) is 6.07. The van der Waals surface area contributed by atoms with Crippen molar-refractivity contribution in [1.29, 1.82) is 0 Å². The Bertz CT molecular complexity index is 399. The Morgan fingerprint density at radius 2 is 2.11 bits per heavy atom. The number of nitrogens with zero attached hydrogens (tertiary/aromatic N) is 1. The Labute approximate surface area is 119 Å². The van der Waals surface area contributed by atoms with Crippen LogP contribution < -0.4 is 10.2 Å². The van der Waals surface area contributed by atoms with Crippen LogP contribution in [0.5, 0.6) is 0 Å². The van der Waals surface area contributed by atoms with E-state index in [0.717, 1.165) is 12.5 Å². The lowest BCUT2D eigenvalue weighted by Gasteiger charge is -2.30. The van der Waals surface area contributed by atoms with E-state index in [9.17, 15) is 0 Å². The molecular weight excluding hydrogens is 288 g/mol. The van der Waals surface area contributed by atoms with Crippen molar-refractivity contribution in [3.63, 3.8) is 0 Å². The van der Waals surface area contributed by atoms with Gasteiger partial charge in [0.05, 0.1) is 5.69 Å². The van der Waals surface area contributed by atoms with Crippen molar-refractivity contribution < 1.29 is 0 Å². The summed E-state index contributed by atoms with van der Waals surface area (Å²) in [5.41, 5.74) is 2.65. The maximum Gasteiger partial charge on any atom is 0.0513 e. The van der Waals surface area contributed by atoms with Gasteiger partial charge >= 0.3 is 0 Å². The molecule has 0 amide bonds. The Morgan fingerprint density at radius 3 is 2.61 bits per heavy atom. The van der Waals surface area contributed by atoms with Crippen LogP contribution in [-0.4, -0.2) is 19.6 Å². The quantitative estimate of drug-likeness (QED) is 0.860. The third-order valence-electron chi connectivity index (χ3n) is 3.48. The summed E-state index contributed by atoms with van der Waals surface area (Å²) in [5, 5.41) is 3.19. The molecule has 0 saturated heterocycles. The highest BCUT2D eigenvalue weighted by Gasteiger charge is 2.26. The smallest absolute Gasteiger partial charge is 0.0513 e. The van der Waals surface area contributed by atoms with Crippen molar-refractivity contribution in [2.75, 3.05) is 18.5 Å². The number of hydrogen-bond acceptors (Lipinski definition) is 2. The van der Waals surface area contributed by atoms with E-state index in [4.69, 9.17) is 0 Å². The summed E-state index contributed by atoms with van der Waals surface area (Å²) in [6.07, 6.45) is 2.80. The normalized spacial score (nSPS) is 15.2. The molecule has 1 aromatic carbocycles. The molecule has 0 spiro atoms. The van der Waals surface area contributed by atoms with Crippen LogP contribution in [0.15, 0.2) is 22.7 Å². The van der Waals surface area contributed by atoms with Crippen molar-refractivity contribution >= 4 is 21.6 Å². The van der Waals surface area contributed by atoms with Crippen LogP contribution in [0.1, 0.15) is 32.3 Å². The van der Waals surface area contributed by atoms with Gasteiger partial charge in [-0.05, 0) is 73.3 Å². The van der Waals surface area contributed by atoms with Gasteiger partial charge in [-0.25, -0.2) is 0 Å². The molecule has 1 aliphatic rings. The molecule has 0 unspecified atom stereocenters. The van der Waals surface area contributed by atoms with E-state index in [2.05, 4.69) is 58.2 Å². The van der Waals surface area contributed by atoms with Crippen molar-refractivity contribution in [1.82, 2.24) is 5.32 Å². The Hall–Kier alpha value is -0.540. The third-order valence-corrected chi connectivity index (χ3v) is 4.11. The Kier molecular flexibility index (Phi) is 4.68. The van der Waals surface area contributed by atoms with Gasteiger partial charge in [0.1, 0.15) is 0 Å². The highest BCUT2D eigenvalue weighted by atomic mass is 79.9. The summed E-state index contributed by atoms with van der Waals surface area (Å²) in [6.45, 7) is 6.66. The van der Waals surface area contributed by atoms with Crippen molar-refractivity contribution in [3.05, 3.63) is 28.2 Å². The molecule has 0 aliphatic heterocycles. The lowest BCUT2D eigenvalue weighted by molar-refractivity contribution is 0.643. The van der Waals surface area contributed by atoms with E-state index in [0.29, 0.717) is 6.04 Å². The zero-order valence-corrected chi connectivity index (χ0v) is 13.1. The zero-order chi connectivity index (χ0) is 13.1. The summed E-state index contributed by atoms with van der Waals surface area (Å²) >= 11 is 3.73. The van der Waals surface area contributed by atoms with Gasteiger partial charge in [-0.2, -0.15) is 0 Å². The first kappa shape index (κ1) is 13.9. The van der Waals surface area contributed by atoms with Crippen molar-refractivity contribution in [2.24, 2.45) is 5.92 Å². The summed E-state index contributed by atoms with van der Waals surface area (Å²) in [5.74, 6) is 0.913. The molecule has 0 heterocycles. The molecule has 2 rings (SSSR count). The number of hydrogen-bond donors (Lipinski definition) is 1. The lowest BCUT2D eigenvalue weighted by Crippen LogP contribution is -2.33. The SMILES string of the molecule is CNCc1ccc(N(CC2CC2)C(C)C)c(Br)c1. The van der Waals surface area contributed by atoms with Gasteiger partial charge in [0.15, 0.2) is 0 Å². The van der Waals surface area contributed by atoms with E-state index < -0.39 is 0 Å². The monoisotopic (exact) mass is 310 g/mol. The Balaban J connectivity index is 2.17. The zero-order valence-electron chi connectivity index (χ0n) is 11.5. The van der Waals surface area contributed by atoms with E-state index in [1.807, 2.05) is 7.05 Å². The van der Waals surface area contributed by atoms with Gasteiger partial charge in [-0.15, -0.1) is 0 Å². The molecule has 0 aromatic heterocycles. The number of nitrogens with one attached hydrogen (secondary N) is 1. The van der Waals surface area contributed by atoms with Gasteiger partial charge in [-0.1, -0.05) is 6.07 Å². The molecule has 3 heteroatoms. The van der Waals surface area contributed by atoms with Gasteiger partial charge in [0.25, 0.3) is 0 Å². The first-order valence-electron chi connectivity index (χ1n) is 6.81. The van der Waals surface area contributed by atoms with Crippen LogP contribution in [0, 0.1) is 5.92 Å². The highest BCUT2D eigenvalue weighted by Crippen LogP contribution is 2.35. The first-order valence-corrected chi connectivity index (χ1v) is 7.60. The Morgan fingerprint density at radius 1 is 1.39 bits per heavy atom. The molecule has 100 valence electrons. The van der Waals surface area contributed by atoms with Crippen LogP contribution in [-0.2, 0) is 6.54 Å². The summed E-state index contributed by atoms with van der Waals surface area (Å²) in [7, 11) is 1.98. The van der Waals surface area contributed by atoms with Crippen molar-refractivity contribution in [2.45, 2.75) is 39.3 Å². The van der Waals surface area contributed by atoms with Crippen LogP contribution in [0.25, 0.3) is 0 Å². The minimum atomic E-state index is 0.553. The largest absolute Gasteiger partial charge is 0.368 e. The third kappa shape index (κ3) is 3.48. The van der Waals surface area contributed by atoms with E-state index >= 15 is 0 Å². The maximum absolute atomic E-state index is 3.73. The maximum atomic E-state index is 3.73. The molecule has 2 nitrogen and oxygen atoms in total. The fourth-order valence-electron chi connectivity index (χ4n) is 2.26. The molecule has 0 atom stereocenters. The molecule has 0 radical (unpaired) electrons. The van der Waals surface area contributed by atoms with Crippen LogP contribution in [0.3, 0.4) is 0 Å². The molecule has 18 heavy (non-hydrogen) atoms. The average Bonchev–Trinajstić information content (AvgIpc) is 3.11. The van der Waals surface area contributed by atoms with Gasteiger partial charge < -0.3 is 10.2 Å². The minimum Gasteiger partial charge on any atom is -0.368 e. The molecule has 1 fully saturated rings. The predicted molar refractivity (Wildman–Crippen MR) is 82.1 cm³/mol. The molecule has 0 bridgehead atoms. The van der Waals surface area contributed by atoms with Gasteiger partial charge in [0, 0.05) is 23.6 Å². The molecule has 1 aromatic rings. The fraction of sp³-hybridized carbons (Fsp3) is 0.600. The minimum absolute atomic E-state index is 0.553. The summed E-state index contributed by atoms with van der Waals surface area (Å²) in [6, 6.07) is 7.25. The second-order valence-electron chi connectivity index (χ2n) is 5.51. The molecule has 1 aliphatic carbocycles. The van der Waals surface area contributed by atoms with Crippen LogP contribution in [0.2, 0.25) is 0 Å². The number of anilines is 1. The van der Waals surface area contributed by atoms with Gasteiger partial charge in [0.2, 0.25) is 0 Å². The summed E-state index contributed by atoms with van der Waals surface area (Å²) in [4.78, 5) is 2.52. The van der Waals surface area contributed by atoms with Crippen LogP contribution in [0.4, 0.5) is 5.69 Å². The molecule has 1 saturated carbocycles. The molecule has 1 N–H and O–H groups in total. The van der Waals surface area contributed by atoms with E-state index in [-0.39, 0.29) is 0 Å². The first-order chi connectivity index (χ1) is 8.61. The van der Waals surface area contributed by atoms with Gasteiger partial charge in [-0.3, -0.25) is 0 Å². The predicted octanol–water partition coefficient (Wildman–Crippen LogP) is 3.79. The average molecular weight is 311 g/mol. The topological polar surface area (TPSA) is 15.3 Å². The lowest BCUT2D eigenvalue weighted by atomic mass is 10.1. The number of halogens is 1. The van der Waals surface area contributed by atoms with E-state index in [1.165, 1.54) is 35.1 Å². The van der Waals surface area contributed by atoms with Crippen molar-refractivity contribution in [3.8, 4) is 0 Å². The second-order valence-corrected chi connectivity index (χ2v) is 6.36. The number of benzene rings is 1. The number of rotatable bonds is 6. The highest BCUT2D eigenvalue weighted by molar-refractivity contribution is 9.10. The summed E-state index contributed by atoms with van der Waals surface area (Å²) < 4.78 is 1.21. The standard InChI is InChI=1S/C15H23BrN2/c1-11(2)18(10-12-4-5-12)15-7-6-13(9-17-3)8-14(15)16/h6-8,11-12,17H,4-5,9-10H2,1-3H3.